The number of carbonyl (C=O) groups is 2. The van der Waals surface area contributed by atoms with Gasteiger partial charge in [-0.05, 0) is 44.4 Å². The normalized spacial score (nSPS) is 19.8. The molecule has 0 spiro atoms. The SMILES string of the molecule is CC(C)=CCCc1ccc2c(c1)C(=O)C1=C(NCCS1=O)C2=O. The van der Waals surface area contributed by atoms with Gasteiger partial charge in [-0.1, -0.05) is 17.7 Å². The Labute approximate surface area is 138 Å². The Bertz CT molecular complexity index is 785. The molecule has 0 fully saturated rings. The van der Waals surface area contributed by atoms with Crippen molar-refractivity contribution in [1.29, 1.82) is 0 Å². The number of allylic oxidation sites excluding steroid dienone is 4. The summed E-state index contributed by atoms with van der Waals surface area (Å²) in [6, 6.07) is 5.40. The fourth-order valence-corrected chi connectivity index (χ4v) is 4.08. The van der Waals surface area contributed by atoms with Crippen LogP contribution < -0.4 is 5.32 Å². The van der Waals surface area contributed by atoms with Crippen LogP contribution in [-0.2, 0) is 17.2 Å². The number of ketones is 2. The standard InChI is InChI=1S/C18H19NO3S/c1-11(2)4-3-5-12-6-7-13-14(10-12)17(21)18-15(16(13)20)19-8-9-23(18)22/h4,6-7,10,19H,3,5,8-9H2,1-2H3. The van der Waals surface area contributed by atoms with Crippen molar-refractivity contribution in [1.82, 2.24) is 5.32 Å². The third kappa shape index (κ3) is 2.93. The van der Waals surface area contributed by atoms with E-state index in [1.165, 1.54) is 5.57 Å². The number of nitrogens with one attached hydrogen (secondary N) is 1. The largest absolute Gasteiger partial charge is 0.380 e. The van der Waals surface area contributed by atoms with Gasteiger partial charge in [0.05, 0.1) is 10.8 Å². The van der Waals surface area contributed by atoms with Crippen LogP contribution in [0.3, 0.4) is 0 Å². The van der Waals surface area contributed by atoms with Crippen LogP contribution in [0, 0.1) is 0 Å². The van der Waals surface area contributed by atoms with Crippen molar-refractivity contribution in [3.63, 3.8) is 0 Å². The number of hydrogen-bond donors (Lipinski definition) is 1. The van der Waals surface area contributed by atoms with Crippen molar-refractivity contribution < 1.29 is 13.8 Å². The molecule has 1 aromatic rings. The van der Waals surface area contributed by atoms with Crippen LogP contribution in [0.15, 0.2) is 40.5 Å². The lowest BCUT2D eigenvalue weighted by Crippen LogP contribution is -2.38. The van der Waals surface area contributed by atoms with Gasteiger partial charge in [0, 0.05) is 23.4 Å². The second-order valence-electron chi connectivity index (χ2n) is 6.04. The number of carbonyl (C=O) groups excluding carboxylic acids is 2. The molecule has 1 aliphatic heterocycles. The first-order valence-electron chi connectivity index (χ1n) is 7.71. The Hall–Kier alpha value is -2.01. The lowest BCUT2D eigenvalue weighted by Gasteiger charge is -2.25. The van der Waals surface area contributed by atoms with Crippen molar-refractivity contribution in [2.24, 2.45) is 0 Å². The minimum absolute atomic E-state index is 0.148. The van der Waals surface area contributed by atoms with Crippen molar-refractivity contribution in [3.8, 4) is 0 Å². The first-order chi connectivity index (χ1) is 11.0. The summed E-state index contributed by atoms with van der Waals surface area (Å²) >= 11 is 0. The molecule has 0 saturated carbocycles. The van der Waals surface area contributed by atoms with Gasteiger partial charge < -0.3 is 5.32 Å². The number of Topliss-reactive ketones (excluding diaryl/α,β-unsaturated/α-hetero) is 2. The van der Waals surface area contributed by atoms with E-state index in [2.05, 4.69) is 25.2 Å². The Morgan fingerprint density at radius 1 is 1.22 bits per heavy atom. The van der Waals surface area contributed by atoms with E-state index in [0.717, 1.165) is 18.4 Å². The number of fused-ring (bicyclic) bond motifs is 1. The molecule has 0 aromatic heterocycles. The molecule has 0 saturated heterocycles. The van der Waals surface area contributed by atoms with Gasteiger partial charge in [-0.2, -0.15) is 0 Å². The number of hydrogen-bond acceptors (Lipinski definition) is 4. The molecule has 120 valence electrons. The second kappa shape index (κ2) is 6.24. The third-order valence-corrected chi connectivity index (χ3v) is 5.46. The number of rotatable bonds is 3. The molecule has 1 aliphatic carbocycles. The highest BCUT2D eigenvalue weighted by atomic mass is 32.2. The first kappa shape index (κ1) is 15.9. The van der Waals surface area contributed by atoms with Crippen LogP contribution in [0.1, 0.15) is 46.5 Å². The monoisotopic (exact) mass is 329 g/mol. The molecule has 0 amide bonds. The summed E-state index contributed by atoms with van der Waals surface area (Å²) in [5.41, 5.74) is 3.30. The topological polar surface area (TPSA) is 63.2 Å². The Balaban J connectivity index is 1.96. The molecule has 1 aromatic carbocycles. The minimum Gasteiger partial charge on any atom is -0.380 e. The molecule has 1 heterocycles. The zero-order chi connectivity index (χ0) is 16.6. The predicted molar refractivity (Wildman–Crippen MR) is 90.9 cm³/mol. The van der Waals surface area contributed by atoms with Gasteiger partial charge in [0.15, 0.2) is 0 Å². The molecule has 2 aliphatic rings. The summed E-state index contributed by atoms with van der Waals surface area (Å²) in [5.74, 6) is -0.129. The fourth-order valence-electron chi connectivity index (χ4n) is 2.88. The molecule has 3 rings (SSSR count). The van der Waals surface area contributed by atoms with Gasteiger partial charge in [0.25, 0.3) is 0 Å². The number of aryl methyl sites for hydroxylation is 1. The van der Waals surface area contributed by atoms with E-state index in [1.54, 1.807) is 12.1 Å². The van der Waals surface area contributed by atoms with Crippen molar-refractivity contribution >= 4 is 22.4 Å². The summed E-state index contributed by atoms with van der Waals surface area (Å²) in [7, 11) is -1.40. The van der Waals surface area contributed by atoms with Crippen LogP contribution in [0.4, 0.5) is 0 Å². The molecule has 1 atom stereocenters. The molecule has 23 heavy (non-hydrogen) atoms. The van der Waals surface area contributed by atoms with Crippen molar-refractivity contribution in [2.45, 2.75) is 26.7 Å². The van der Waals surface area contributed by atoms with Gasteiger partial charge in [-0.15, -0.1) is 0 Å². The van der Waals surface area contributed by atoms with E-state index in [9.17, 15) is 13.8 Å². The zero-order valence-corrected chi connectivity index (χ0v) is 14.1. The molecule has 5 heteroatoms. The second-order valence-corrected chi connectivity index (χ2v) is 7.55. The lowest BCUT2D eigenvalue weighted by atomic mass is 9.90. The maximum atomic E-state index is 12.7. The molecule has 1 unspecified atom stereocenters. The fraction of sp³-hybridized carbons (Fsp3) is 0.333. The van der Waals surface area contributed by atoms with E-state index in [4.69, 9.17) is 0 Å². The predicted octanol–water partition coefficient (Wildman–Crippen LogP) is 2.53. The Morgan fingerprint density at radius 3 is 2.74 bits per heavy atom. The van der Waals surface area contributed by atoms with E-state index >= 15 is 0 Å². The van der Waals surface area contributed by atoms with Crippen LogP contribution >= 0.6 is 0 Å². The van der Waals surface area contributed by atoms with Gasteiger partial charge in [-0.25, -0.2) is 0 Å². The van der Waals surface area contributed by atoms with Crippen LogP contribution in [0.5, 0.6) is 0 Å². The Kier molecular flexibility index (Phi) is 4.31. The quantitative estimate of drug-likeness (QED) is 0.866. The van der Waals surface area contributed by atoms with Gasteiger partial charge in [0.1, 0.15) is 10.6 Å². The van der Waals surface area contributed by atoms with Gasteiger partial charge in [-0.3, -0.25) is 13.8 Å². The third-order valence-electron chi connectivity index (χ3n) is 4.04. The van der Waals surface area contributed by atoms with Crippen molar-refractivity contribution in [2.75, 3.05) is 12.3 Å². The van der Waals surface area contributed by atoms with E-state index in [-0.39, 0.29) is 22.2 Å². The summed E-state index contributed by atoms with van der Waals surface area (Å²) in [5, 5.41) is 2.94. The average Bonchev–Trinajstić information content (AvgIpc) is 2.52. The molecule has 1 N–H and O–H groups in total. The van der Waals surface area contributed by atoms with Crippen LogP contribution in [0.25, 0.3) is 0 Å². The maximum Gasteiger partial charge on any atom is 0.210 e. The van der Waals surface area contributed by atoms with Crippen LogP contribution in [0.2, 0.25) is 0 Å². The van der Waals surface area contributed by atoms with Crippen molar-refractivity contribution in [3.05, 3.63) is 57.1 Å². The molecule has 0 radical (unpaired) electrons. The van der Waals surface area contributed by atoms with E-state index in [0.29, 0.717) is 23.4 Å². The van der Waals surface area contributed by atoms with Gasteiger partial charge >= 0.3 is 0 Å². The summed E-state index contributed by atoms with van der Waals surface area (Å²) < 4.78 is 12.2. The summed E-state index contributed by atoms with van der Waals surface area (Å²) in [6.07, 6.45) is 3.85. The minimum atomic E-state index is -1.40. The number of benzene rings is 1. The summed E-state index contributed by atoms with van der Waals surface area (Å²) in [4.78, 5) is 25.4. The summed E-state index contributed by atoms with van der Waals surface area (Å²) in [6.45, 7) is 4.56. The average molecular weight is 329 g/mol. The highest BCUT2D eigenvalue weighted by molar-refractivity contribution is 7.90. The van der Waals surface area contributed by atoms with E-state index in [1.807, 2.05) is 6.07 Å². The lowest BCUT2D eigenvalue weighted by molar-refractivity contribution is 0.0974. The highest BCUT2D eigenvalue weighted by Gasteiger charge is 2.37. The maximum absolute atomic E-state index is 12.7. The molecular formula is C18H19NO3S. The van der Waals surface area contributed by atoms with E-state index < -0.39 is 10.8 Å². The zero-order valence-electron chi connectivity index (χ0n) is 13.3. The Morgan fingerprint density at radius 2 is 2.00 bits per heavy atom. The molecular weight excluding hydrogens is 310 g/mol. The first-order valence-corrected chi connectivity index (χ1v) is 9.03. The van der Waals surface area contributed by atoms with Gasteiger partial charge in [0.2, 0.25) is 11.6 Å². The smallest absolute Gasteiger partial charge is 0.210 e. The van der Waals surface area contributed by atoms with Crippen LogP contribution in [-0.4, -0.2) is 28.1 Å². The highest BCUT2D eigenvalue weighted by Crippen LogP contribution is 2.29. The molecule has 4 nitrogen and oxygen atoms in total. The molecule has 0 bridgehead atoms.